The summed E-state index contributed by atoms with van der Waals surface area (Å²) in [5.74, 6) is -0.707. The van der Waals surface area contributed by atoms with Gasteiger partial charge < -0.3 is 0 Å². The fraction of sp³-hybridized carbons (Fsp3) is 0.333. The van der Waals surface area contributed by atoms with E-state index in [1.807, 2.05) is 23.6 Å². The molecule has 0 amide bonds. The maximum Gasteiger partial charge on any atom is 0.269 e. The van der Waals surface area contributed by atoms with Crippen molar-refractivity contribution in [2.24, 2.45) is 0 Å². The lowest BCUT2D eigenvalue weighted by Crippen LogP contribution is -2.39. The molecule has 0 saturated heterocycles. The molecule has 25 heavy (non-hydrogen) atoms. The fourth-order valence-corrected chi connectivity index (χ4v) is 3.90. The van der Waals surface area contributed by atoms with Gasteiger partial charge in [-0.25, -0.2) is 0 Å². The van der Waals surface area contributed by atoms with Gasteiger partial charge in [0, 0.05) is 18.9 Å². The Bertz CT molecular complexity index is 828. The second-order valence-corrected chi connectivity index (χ2v) is 7.60. The number of ketones is 3. The Morgan fingerprint density at radius 1 is 1.16 bits per heavy atom. The SMILES string of the molecule is CC(=O)c1sc(-c2ccc(Cl)cc2)[n+](CCC(=O)C(Cl)C(C)=O)c1C. The minimum Gasteiger partial charge on any atom is -0.298 e. The number of thiazole rings is 1. The maximum absolute atomic E-state index is 12.1. The van der Waals surface area contributed by atoms with Crippen molar-refractivity contribution in [3.05, 3.63) is 39.9 Å². The molecule has 0 bridgehead atoms. The summed E-state index contributed by atoms with van der Waals surface area (Å²) >= 11 is 13.2. The number of halogens is 2. The van der Waals surface area contributed by atoms with Crippen molar-refractivity contribution < 1.29 is 19.0 Å². The molecule has 0 radical (unpaired) electrons. The van der Waals surface area contributed by atoms with E-state index in [1.54, 1.807) is 12.1 Å². The van der Waals surface area contributed by atoms with E-state index in [0.717, 1.165) is 16.3 Å². The van der Waals surface area contributed by atoms with Crippen LogP contribution in [0.1, 0.15) is 35.6 Å². The average molecular weight is 399 g/mol. The Kier molecular flexibility index (Phi) is 6.49. The molecule has 0 aliphatic rings. The highest BCUT2D eigenvalue weighted by Gasteiger charge is 2.28. The van der Waals surface area contributed by atoms with Crippen molar-refractivity contribution >= 4 is 51.9 Å². The second-order valence-electron chi connectivity index (χ2n) is 5.73. The molecule has 0 spiro atoms. The van der Waals surface area contributed by atoms with E-state index in [4.69, 9.17) is 23.2 Å². The van der Waals surface area contributed by atoms with Crippen LogP contribution in [-0.2, 0) is 16.1 Å². The number of Topliss-reactive ketones (excluding diaryl/α,β-unsaturated/α-hetero) is 3. The molecular formula is C18H18Cl2NO3S+. The van der Waals surface area contributed by atoms with Crippen LogP contribution in [0, 0.1) is 6.92 Å². The first-order valence-corrected chi connectivity index (χ1v) is 9.32. The van der Waals surface area contributed by atoms with Crippen LogP contribution in [-0.4, -0.2) is 22.7 Å². The van der Waals surface area contributed by atoms with Crippen LogP contribution < -0.4 is 4.57 Å². The van der Waals surface area contributed by atoms with Crippen LogP contribution >= 0.6 is 34.5 Å². The number of hydrogen-bond donors (Lipinski definition) is 0. The quantitative estimate of drug-likeness (QED) is 0.306. The first kappa shape index (κ1) is 19.8. The van der Waals surface area contributed by atoms with Crippen LogP contribution in [0.4, 0.5) is 0 Å². The highest BCUT2D eigenvalue weighted by Crippen LogP contribution is 2.28. The van der Waals surface area contributed by atoms with Crippen LogP contribution in [0.3, 0.4) is 0 Å². The number of benzene rings is 1. The minimum absolute atomic E-state index is 0.0262. The van der Waals surface area contributed by atoms with Crippen LogP contribution in [0.25, 0.3) is 10.6 Å². The molecule has 2 aromatic rings. The van der Waals surface area contributed by atoms with E-state index in [2.05, 4.69) is 0 Å². The van der Waals surface area contributed by atoms with E-state index >= 15 is 0 Å². The molecule has 7 heteroatoms. The smallest absolute Gasteiger partial charge is 0.269 e. The molecule has 1 atom stereocenters. The molecule has 2 rings (SSSR count). The van der Waals surface area contributed by atoms with Crippen LogP contribution in [0.2, 0.25) is 5.02 Å². The number of alkyl halides is 1. The molecule has 0 aliphatic heterocycles. The van der Waals surface area contributed by atoms with Gasteiger partial charge >= 0.3 is 0 Å². The van der Waals surface area contributed by atoms with Crippen molar-refractivity contribution in [3.8, 4) is 10.6 Å². The van der Waals surface area contributed by atoms with Gasteiger partial charge in [0.05, 0.1) is 12.0 Å². The van der Waals surface area contributed by atoms with Crippen molar-refractivity contribution in [3.63, 3.8) is 0 Å². The van der Waals surface area contributed by atoms with Crippen LogP contribution in [0.15, 0.2) is 24.3 Å². The summed E-state index contributed by atoms with van der Waals surface area (Å²) < 4.78 is 1.92. The van der Waals surface area contributed by atoms with Gasteiger partial charge in [0.15, 0.2) is 29.3 Å². The monoisotopic (exact) mass is 398 g/mol. The second kappa shape index (κ2) is 8.21. The lowest BCUT2D eigenvalue weighted by molar-refractivity contribution is -0.686. The summed E-state index contributed by atoms with van der Waals surface area (Å²) in [6, 6.07) is 7.30. The Hall–Kier alpha value is -1.56. The highest BCUT2D eigenvalue weighted by atomic mass is 35.5. The summed E-state index contributed by atoms with van der Waals surface area (Å²) in [5, 5.41) is 0.365. The number of carbonyl (C=O) groups is 3. The standard InChI is InChI=1S/C18H18Cl2NO3S/c1-10-17(12(3)23)25-18(13-4-6-14(19)7-5-13)21(10)9-8-15(24)16(20)11(2)22/h4-7,16H,8-9H2,1-3H3/q+1. The van der Waals surface area contributed by atoms with Crippen molar-refractivity contribution in [2.75, 3.05) is 0 Å². The van der Waals surface area contributed by atoms with Crippen molar-refractivity contribution in [1.29, 1.82) is 0 Å². The van der Waals surface area contributed by atoms with Gasteiger partial charge in [-0.15, -0.1) is 11.6 Å². The zero-order chi connectivity index (χ0) is 18.7. The number of hydrogen-bond acceptors (Lipinski definition) is 4. The third-order valence-corrected chi connectivity index (χ3v) is 6.05. The van der Waals surface area contributed by atoms with E-state index in [1.165, 1.54) is 25.2 Å². The molecule has 1 unspecified atom stereocenters. The summed E-state index contributed by atoms with van der Waals surface area (Å²) in [6.45, 7) is 5.01. The summed E-state index contributed by atoms with van der Waals surface area (Å²) in [7, 11) is 0. The molecule has 0 N–H and O–H groups in total. The van der Waals surface area contributed by atoms with Gasteiger partial charge in [0.1, 0.15) is 4.88 Å². The van der Waals surface area contributed by atoms with Crippen LogP contribution in [0.5, 0.6) is 0 Å². The lowest BCUT2D eigenvalue weighted by Gasteiger charge is -2.04. The Balaban J connectivity index is 2.38. The number of rotatable bonds is 7. The molecule has 0 fully saturated rings. The molecular weight excluding hydrogens is 381 g/mol. The molecule has 1 aromatic carbocycles. The molecule has 0 saturated carbocycles. The maximum atomic E-state index is 12.1. The highest BCUT2D eigenvalue weighted by molar-refractivity contribution is 7.16. The van der Waals surface area contributed by atoms with Crippen molar-refractivity contribution in [1.82, 2.24) is 0 Å². The van der Waals surface area contributed by atoms with Gasteiger partial charge in [-0.05, 0) is 31.2 Å². The molecule has 1 aromatic heterocycles. The van der Waals surface area contributed by atoms with Gasteiger partial charge in [-0.1, -0.05) is 22.9 Å². The molecule has 132 valence electrons. The van der Waals surface area contributed by atoms with Crippen molar-refractivity contribution in [2.45, 2.75) is 39.1 Å². The Morgan fingerprint density at radius 2 is 1.76 bits per heavy atom. The molecule has 0 aliphatic carbocycles. The Morgan fingerprint density at radius 3 is 2.28 bits per heavy atom. The largest absolute Gasteiger partial charge is 0.298 e. The number of aromatic nitrogens is 1. The summed E-state index contributed by atoms with van der Waals surface area (Å²) in [5.41, 5.74) is 1.70. The van der Waals surface area contributed by atoms with E-state index in [0.29, 0.717) is 16.4 Å². The van der Waals surface area contributed by atoms with E-state index in [9.17, 15) is 14.4 Å². The van der Waals surface area contributed by atoms with Gasteiger partial charge in [0.2, 0.25) is 5.69 Å². The average Bonchev–Trinajstić information content (AvgIpc) is 2.89. The topological polar surface area (TPSA) is 55.1 Å². The Labute approximate surface area is 160 Å². The minimum atomic E-state index is -1.12. The molecule has 1 heterocycles. The lowest BCUT2D eigenvalue weighted by atomic mass is 10.1. The normalized spacial score (nSPS) is 12.0. The third kappa shape index (κ3) is 4.54. The zero-order valence-corrected chi connectivity index (χ0v) is 16.5. The van der Waals surface area contributed by atoms with Gasteiger partial charge in [0.25, 0.3) is 5.01 Å². The van der Waals surface area contributed by atoms with E-state index in [-0.39, 0.29) is 23.8 Å². The third-order valence-electron chi connectivity index (χ3n) is 3.81. The van der Waals surface area contributed by atoms with E-state index < -0.39 is 5.38 Å². The molecule has 4 nitrogen and oxygen atoms in total. The number of carbonyl (C=O) groups excluding carboxylic acids is 3. The zero-order valence-electron chi connectivity index (χ0n) is 14.1. The first-order valence-electron chi connectivity index (χ1n) is 7.69. The summed E-state index contributed by atoms with van der Waals surface area (Å²) in [4.78, 5) is 35.9. The predicted octanol–water partition coefficient (Wildman–Crippen LogP) is 4.02. The number of nitrogens with zero attached hydrogens (tertiary/aromatic N) is 1. The fourth-order valence-electron chi connectivity index (χ4n) is 2.48. The van der Waals surface area contributed by atoms with Gasteiger partial charge in [-0.3, -0.25) is 14.4 Å². The summed E-state index contributed by atoms with van der Waals surface area (Å²) in [6.07, 6.45) is 0.119. The predicted molar refractivity (Wildman–Crippen MR) is 99.6 cm³/mol. The van der Waals surface area contributed by atoms with Gasteiger partial charge in [-0.2, -0.15) is 4.57 Å². The first-order chi connectivity index (χ1) is 11.7.